The summed E-state index contributed by atoms with van der Waals surface area (Å²) in [5.41, 5.74) is 3.43. The van der Waals surface area contributed by atoms with Crippen molar-refractivity contribution in [3.8, 4) is 11.5 Å². The number of aryl methyl sites for hydroxylation is 1. The van der Waals surface area contributed by atoms with Gasteiger partial charge in [0.15, 0.2) is 0 Å². The van der Waals surface area contributed by atoms with Gasteiger partial charge < -0.3 is 24.4 Å². The number of ketones is 1. The lowest BCUT2D eigenvalue weighted by Crippen LogP contribution is -2.32. The minimum absolute atomic E-state index is 0.0709. The number of aliphatic hydroxyl groups excluding tert-OH is 1. The fourth-order valence-electron chi connectivity index (χ4n) is 4.66. The predicted octanol–water partition coefficient (Wildman–Crippen LogP) is 4.96. The van der Waals surface area contributed by atoms with E-state index < -0.39 is 17.7 Å². The summed E-state index contributed by atoms with van der Waals surface area (Å²) in [5.74, 6) is -0.277. The molecule has 1 N–H and O–H groups in total. The van der Waals surface area contributed by atoms with Crippen LogP contribution in [0.25, 0.3) is 5.76 Å². The van der Waals surface area contributed by atoms with Crippen molar-refractivity contribution in [2.45, 2.75) is 26.0 Å². The molecule has 3 aromatic rings. The SMILES string of the molecule is COc1cccc([C@H]2/C(=C(\O)c3ccc(OCc4cccc(C)c4)cc3)C(=O)C(=O)N2CCCN(C)C)c1. The van der Waals surface area contributed by atoms with Crippen molar-refractivity contribution >= 4 is 17.4 Å². The smallest absolute Gasteiger partial charge is 0.295 e. The van der Waals surface area contributed by atoms with Gasteiger partial charge in [0.2, 0.25) is 0 Å². The maximum absolute atomic E-state index is 13.2. The van der Waals surface area contributed by atoms with Gasteiger partial charge in [-0.25, -0.2) is 0 Å². The monoisotopic (exact) mass is 514 g/mol. The molecule has 1 fully saturated rings. The second kappa shape index (κ2) is 12.0. The highest BCUT2D eigenvalue weighted by Crippen LogP contribution is 2.40. The first-order chi connectivity index (χ1) is 18.3. The van der Waals surface area contributed by atoms with Crippen LogP contribution in [0.2, 0.25) is 0 Å². The van der Waals surface area contributed by atoms with Gasteiger partial charge in [0.05, 0.1) is 18.7 Å². The zero-order valence-electron chi connectivity index (χ0n) is 22.3. The van der Waals surface area contributed by atoms with Crippen LogP contribution in [-0.2, 0) is 16.2 Å². The number of benzene rings is 3. The van der Waals surface area contributed by atoms with E-state index in [4.69, 9.17) is 9.47 Å². The van der Waals surface area contributed by atoms with Crippen molar-refractivity contribution < 1.29 is 24.2 Å². The molecular weight excluding hydrogens is 480 g/mol. The Bertz CT molecular complexity index is 1330. The van der Waals surface area contributed by atoms with Crippen molar-refractivity contribution in [3.63, 3.8) is 0 Å². The molecule has 1 saturated heterocycles. The van der Waals surface area contributed by atoms with Crippen LogP contribution in [0.1, 0.15) is 34.7 Å². The van der Waals surface area contributed by atoms with Crippen LogP contribution in [-0.4, -0.2) is 60.9 Å². The third-order valence-electron chi connectivity index (χ3n) is 6.57. The van der Waals surface area contributed by atoms with E-state index in [9.17, 15) is 14.7 Å². The number of likely N-dealkylation sites (tertiary alicyclic amines) is 1. The van der Waals surface area contributed by atoms with Crippen molar-refractivity contribution in [3.05, 3.63) is 101 Å². The van der Waals surface area contributed by atoms with Crippen LogP contribution in [0.15, 0.2) is 78.4 Å². The lowest BCUT2D eigenvalue weighted by atomic mass is 9.95. The molecule has 1 amide bonds. The number of methoxy groups -OCH3 is 1. The Kier molecular flexibility index (Phi) is 8.48. The van der Waals surface area contributed by atoms with Gasteiger partial charge in [0.1, 0.15) is 23.9 Å². The van der Waals surface area contributed by atoms with Crippen LogP contribution >= 0.6 is 0 Å². The van der Waals surface area contributed by atoms with E-state index in [-0.39, 0.29) is 11.3 Å². The molecule has 0 bridgehead atoms. The van der Waals surface area contributed by atoms with Crippen LogP contribution in [0.3, 0.4) is 0 Å². The molecule has 7 heteroatoms. The Morgan fingerprint density at radius 3 is 2.39 bits per heavy atom. The number of carbonyl (C=O) groups excluding carboxylic acids is 2. The minimum atomic E-state index is -0.718. The highest BCUT2D eigenvalue weighted by molar-refractivity contribution is 6.46. The Balaban J connectivity index is 1.64. The summed E-state index contributed by atoms with van der Waals surface area (Å²) in [6.07, 6.45) is 0.688. The average molecular weight is 515 g/mol. The average Bonchev–Trinajstić information content (AvgIpc) is 3.17. The maximum atomic E-state index is 13.2. The zero-order chi connectivity index (χ0) is 27.2. The van der Waals surface area contributed by atoms with E-state index in [0.29, 0.717) is 42.2 Å². The van der Waals surface area contributed by atoms with Crippen LogP contribution < -0.4 is 9.47 Å². The highest BCUT2D eigenvalue weighted by Gasteiger charge is 2.45. The molecule has 1 atom stereocenters. The van der Waals surface area contributed by atoms with Crippen LogP contribution in [0.4, 0.5) is 0 Å². The third kappa shape index (κ3) is 6.06. The number of ether oxygens (including phenoxy) is 2. The summed E-state index contributed by atoms with van der Waals surface area (Å²) in [6, 6.07) is 21.5. The third-order valence-corrected chi connectivity index (χ3v) is 6.57. The molecule has 1 aliphatic rings. The predicted molar refractivity (Wildman–Crippen MR) is 147 cm³/mol. The van der Waals surface area contributed by atoms with E-state index in [1.807, 2.05) is 56.3 Å². The van der Waals surface area contributed by atoms with Gasteiger partial charge in [0, 0.05) is 12.1 Å². The number of hydrogen-bond donors (Lipinski definition) is 1. The molecule has 1 aliphatic heterocycles. The van der Waals surface area contributed by atoms with Crippen molar-refractivity contribution in [2.75, 3.05) is 34.3 Å². The highest BCUT2D eigenvalue weighted by atomic mass is 16.5. The van der Waals surface area contributed by atoms with E-state index in [2.05, 4.69) is 6.07 Å². The maximum Gasteiger partial charge on any atom is 0.295 e. The molecule has 7 nitrogen and oxygen atoms in total. The van der Waals surface area contributed by atoms with Gasteiger partial charge in [-0.3, -0.25) is 9.59 Å². The Hall–Kier alpha value is -4.10. The van der Waals surface area contributed by atoms with Gasteiger partial charge in [-0.15, -0.1) is 0 Å². The summed E-state index contributed by atoms with van der Waals surface area (Å²) < 4.78 is 11.3. The molecule has 198 valence electrons. The Morgan fingerprint density at radius 1 is 0.974 bits per heavy atom. The number of carbonyl (C=O) groups is 2. The van der Waals surface area contributed by atoms with E-state index in [1.54, 1.807) is 48.4 Å². The first-order valence-corrected chi connectivity index (χ1v) is 12.6. The molecule has 0 unspecified atom stereocenters. The van der Waals surface area contributed by atoms with Gasteiger partial charge in [-0.05, 0) is 81.5 Å². The number of hydrogen-bond acceptors (Lipinski definition) is 6. The van der Waals surface area contributed by atoms with Crippen molar-refractivity contribution in [1.82, 2.24) is 9.80 Å². The largest absolute Gasteiger partial charge is 0.507 e. The van der Waals surface area contributed by atoms with Gasteiger partial charge >= 0.3 is 0 Å². The molecule has 1 heterocycles. The number of nitrogens with zero attached hydrogens (tertiary/aromatic N) is 2. The molecule has 0 aromatic heterocycles. The first-order valence-electron chi connectivity index (χ1n) is 12.6. The fourth-order valence-corrected chi connectivity index (χ4v) is 4.66. The number of Topliss-reactive ketones (excluding diaryl/α,β-unsaturated/α-hetero) is 1. The zero-order valence-corrected chi connectivity index (χ0v) is 22.3. The van der Waals surface area contributed by atoms with Gasteiger partial charge in [0.25, 0.3) is 11.7 Å². The summed E-state index contributed by atoms with van der Waals surface area (Å²) in [7, 11) is 5.49. The lowest BCUT2D eigenvalue weighted by molar-refractivity contribution is -0.139. The number of amides is 1. The van der Waals surface area contributed by atoms with Crippen molar-refractivity contribution in [2.24, 2.45) is 0 Å². The summed E-state index contributed by atoms with van der Waals surface area (Å²) in [6.45, 7) is 3.59. The second-order valence-corrected chi connectivity index (χ2v) is 9.73. The molecule has 38 heavy (non-hydrogen) atoms. The number of aliphatic hydroxyl groups is 1. The van der Waals surface area contributed by atoms with E-state index in [1.165, 1.54) is 0 Å². The van der Waals surface area contributed by atoms with Gasteiger partial charge in [-0.2, -0.15) is 0 Å². The Morgan fingerprint density at radius 2 is 1.71 bits per heavy atom. The second-order valence-electron chi connectivity index (χ2n) is 9.73. The normalized spacial score (nSPS) is 16.8. The van der Waals surface area contributed by atoms with E-state index >= 15 is 0 Å². The quantitative estimate of drug-likeness (QED) is 0.234. The number of rotatable bonds is 10. The lowest BCUT2D eigenvalue weighted by Gasteiger charge is -2.26. The Labute approximate surface area is 223 Å². The summed E-state index contributed by atoms with van der Waals surface area (Å²) in [5, 5.41) is 11.3. The first kappa shape index (κ1) is 26.9. The molecule has 0 spiro atoms. The summed E-state index contributed by atoms with van der Waals surface area (Å²) >= 11 is 0. The topological polar surface area (TPSA) is 79.3 Å². The molecule has 3 aromatic carbocycles. The van der Waals surface area contributed by atoms with Crippen molar-refractivity contribution in [1.29, 1.82) is 0 Å². The molecule has 0 radical (unpaired) electrons. The van der Waals surface area contributed by atoms with Gasteiger partial charge in [-0.1, -0.05) is 42.0 Å². The molecule has 4 rings (SSSR count). The molecule has 0 aliphatic carbocycles. The minimum Gasteiger partial charge on any atom is -0.507 e. The molecular formula is C31H34N2O5. The standard InChI is InChI=1S/C31H34N2O5/c1-21-8-5-9-22(18-21)20-38-25-14-12-23(13-15-25)29(34)27-28(24-10-6-11-26(19-24)37-4)33(31(36)30(27)35)17-7-16-32(2)3/h5-6,8-15,18-19,28,34H,7,16-17,20H2,1-4H3/b29-27+/t28-/m0/s1. The summed E-state index contributed by atoms with van der Waals surface area (Å²) in [4.78, 5) is 29.9. The van der Waals surface area contributed by atoms with E-state index in [0.717, 1.165) is 17.7 Å². The fraction of sp³-hybridized carbons (Fsp3) is 0.290. The van der Waals surface area contributed by atoms with Crippen LogP contribution in [0, 0.1) is 6.92 Å². The molecule has 0 saturated carbocycles. The van der Waals surface area contributed by atoms with Crippen LogP contribution in [0.5, 0.6) is 11.5 Å².